The second kappa shape index (κ2) is 6.46. The number of fused-ring (bicyclic) bond motifs is 5. The van der Waals surface area contributed by atoms with Gasteiger partial charge in [-0.2, -0.15) is 13.6 Å². The quantitative estimate of drug-likeness (QED) is 0.751. The highest BCUT2D eigenvalue weighted by Crippen LogP contribution is 2.64. The van der Waals surface area contributed by atoms with Crippen molar-refractivity contribution in [1.82, 2.24) is 0 Å². The first kappa shape index (κ1) is 19.7. The molecule has 6 nitrogen and oxygen atoms in total. The van der Waals surface area contributed by atoms with Crippen LogP contribution in [-0.4, -0.2) is 32.3 Å². The van der Waals surface area contributed by atoms with E-state index in [1.807, 2.05) is 6.07 Å². The van der Waals surface area contributed by atoms with Crippen LogP contribution in [0, 0.1) is 29.6 Å². The summed E-state index contributed by atoms with van der Waals surface area (Å²) in [6, 6.07) is 5.35. The Kier molecular flexibility index (Phi) is 4.55. The highest BCUT2D eigenvalue weighted by molar-refractivity contribution is 7.84. The fraction of sp³-hybridized carbons (Fsp3) is 0.619. The molecule has 2 fully saturated rings. The maximum absolute atomic E-state index is 11.2. The Morgan fingerprint density at radius 3 is 2.75 bits per heavy atom. The van der Waals surface area contributed by atoms with Crippen LogP contribution in [-0.2, 0) is 21.5 Å². The number of rotatable bonds is 3. The highest BCUT2D eigenvalue weighted by atomic mass is 32.2. The molecule has 3 unspecified atom stereocenters. The van der Waals surface area contributed by atoms with Gasteiger partial charge in [0.1, 0.15) is 11.4 Å². The Hall–Kier alpha value is -1.59. The minimum Gasteiger partial charge on any atom is -0.381 e. The molecule has 3 aliphatic carbocycles. The van der Waals surface area contributed by atoms with Crippen molar-refractivity contribution >= 4 is 10.3 Å². The summed E-state index contributed by atoms with van der Waals surface area (Å²) in [7, 11) is -2.34. The van der Waals surface area contributed by atoms with Crippen LogP contribution in [0.3, 0.4) is 0 Å². The van der Waals surface area contributed by atoms with Crippen LogP contribution < -0.4 is 9.32 Å². The molecule has 152 valence electrons. The lowest BCUT2D eigenvalue weighted by Gasteiger charge is -2.54. The van der Waals surface area contributed by atoms with Crippen molar-refractivity contribution in [2.45, 2.75) is 56.7 Å². The molecule has 1 aromatic carbocycles. The monoisotopic (exact) mass is 405 g/mol. The first-order chi connectivity index (χ1) is 13.1. The van der Waals surface area contributed by atoms with Crippen LogP contribution in [0.25, 0.3) is 0 Å². The van der Waals surface area contributed by atoms with Gasteiger partial charge in [-0.25, -0.2) is 0 Å². The highest BCUT2D eigenvalue weighted by Gasteiger charge is 2.63. The molecule has 1 aromatic rings. The number of hydrogen-bond donors (Lipinski definition) is 2. The minimum absolute atomic E-state index is 0.0618. The van der Waals surface area contributed by atoms with E-state index in [2.05, 4.69) is 12.8 Å². The van der Waals surface area contributed by atoms with Gasteiger partial charge < -0.3 is 14.0 Å². The molecule has 3 aliphatic rings. The van der Waals surface area contributed by atoms with Crippen LogP contribution in [0.1, 0.15) is 49.7 Å². The van der Waals surface area contributed by atoms with E-state index in [4.69, 9.17) is 20.5 Å². The number of aryl methyl sites for hydroxylation is 1. The molecule has 3 N–H and O–H groups in total. The predicted octanol–water partition coefficient (Wildman–Crippen LogP) is 2.11. The molecular weight excluding hydrogens is 378 g/mol. The second-order valence-corrected chi connectivity index (χ2v) is 9.86. The maximum Gasteiger partial charge on any atom is 0.380 e. The molecule has 2 saturated carbocycles. The number of aliphatic hydroxyl groups is 1. The fourth-order valence-electron chi connectivity index (χ4n) is 6.26. The van der Waals surface area contributed by atoms with E-state index in [-0.39, 0.29) is 23.2 Å². The molecule has 6 atom stereocenters. The van der Waals surface area contributed by atoms with Crippen molar-refractivity contribution in [3.63, 3.8) is 0 Å². The molecule has 0 spiro atoms. The molecule has 0 radical (unpaired) electrons. The third-order valence-corrected chi connectivity index (χ3v) is 7.98. The molecule has 0 aromatic heterocycles. The third-order valence-electron chi connectivity index (χ3n) is 7.56. The largest absolute Gasteiger partial charge is 0.381 e. The zero-order valence-corrected chi connectivity index (χ0v) is 17.0. The summed E-state index contributed by atoms with van der Waals surface area (Å²) >= 11 is 0. The van der Waals surface area contributed by atoms with Crippen LogP contribution in [0.15, 0.2) is 18.2 Å². The Morgan fingerprint density at radius 2 is 2.11 bits per heavy atom. The smallest absolute Gasteiger partial charge is 0.380 e. The number of hydrogen-bond acceptors (Lipinski definition) is 5. The standard InChI is InChI=1S/C21H27NO5S/c1-4-21(23)10-9-17-16-7-5-13-11-14(27-28(22,24)25)6-8-15(13)19(16)18(26-3)12-20(17,21)2/h1,6,8,11,16-19,23H,5,7,9-10,12H2,2-3H3,(H2,22,24,25)/t16?,17?,18-,19?,20-,21-/m0/s1. The van der Waals surface area contributed by atoms with E-state index in [9.17, 15) is 13.5 Å². The average Bonchev–Trinajstić information content (AvgIpc) is 2.90. The molecule has 7 heteroatoms. The van der Waals surface area contributed by atoms with E-state index in [0.717, 1.165) is 24.8 Å². The van der Waals surface area contributed by atoms with Crippen molar-refractivity contribution in [2.75, 3.05) is 7.11 Å². The third kappa shape index (κ3) is 2.86. The number of terminal acetylenes is 1. The molecule has 4 rings (SSSR count). The van der Waals surface area contributed by atoms with Gasteiger partial charge in [-0.05, 0) is 67.2 Å². The predicted molar refractivity (Wildman–Crippen MR) is 105 cm³/mol. The van der Waals surface area contributed by atoms with Crippen molar-refractivity contribution in [3.05, 3.63) is 29.3 Å². The van der Waals surface area contributed by atoms with Gasteiger partial charge in [-0.15, -0.1) is 6.42 Å². The van der Waals surface area contributed by atoms with Crippen LogP contribution in [0.5, 0.6) is 5.75 Å². The van der Waals surface area contributed by atoms with Gasteiger partial charge in [-0.1, -0.05) is 18.9 Å². The summed E-state index contributed by atoms with van der Waals surface area (Å²) in [5.74, 6) is 3.80. The zero-order chi connectivity index (χ0) is 20.3. The average molecular weight is 406 g/mol. The van der Waals surface area contributed by atoms with Crippen molar-refractivity contribution < 1.29 is 22.4 Å². The summed E-state index contributed by atoms with van der Waals surface area (Å²) in [6.45, 7) is 2.12. The number of benzene rings is 1. The summed E-state index contributed by atoms with van der Waals surface area (Å²) < 4.78 is 33.2. The first-order valence-corrected chi connectivity index (χ1v) is 11.2. The Balaban J connectivity index is 1.73. The van der Waals surface area contributed by atoms with E-state index >= 15 is 0 Å². The molecular formula is C21H27NO5S. The molecule has 28 heavy (non-hydrogen) atoms. The minimum atomic E-state index is -4.05. The van der Waals surface area contributed by atoms with Crippen molar-refractivity contribution in [2.24, 2.45) is 22.4 Å². The molecule has 0 aliphatic heterocycles. The van der Waals surface area contributed by atoms with E-state index in [1.165, 1.54) is 5.56 Å². The second-order valence-electron chi connectivity index (χ2n) is 8.71. The van der Waals surface area contributed by atoms with E-state index in [1.54, 1.807) is 19.2 Å². The van der Waals surface area contributed by atoms with Crippen LogP contribution >= 0.6 is 0 Å². The maximum atomic E-state index is 11.2. The zero-order valence-electron chi connectivity index (χ0n) is 16.2. The fourth-order valence-corrected chi connectivity index (χ4v) is 6.64. The molecule has 0 bridgehead atoms. The van der Waals surface area contributed by atoms with Gasteiger partial charge >= 0.3 is 10.3 Å². The number of methoxy groups -OCH3 is 1. The van der Waals surface area contributed by atoms with Gasteiger partial charge in [0.05, 0.1) is 6.10 Å². The van der Waals surface area contributed by atoms with Crippen LogP contribution in [0.2, 0.25) is 0 Å². The summed E-state index contributed by atoms with van der Waals surface area (Å²) in [5.41, 5.74) is 0.784. The van der Waals surface area contributed by atoms with Gasteiger partial charge in [0.15, 0.2) is 0 Å². The summed E-state index contributed by atoms with van der Waals surface area (Å²) in [4.78, 5) is 0. The van der Waals surface area contributed by atoms with Gasteiger partial charge in [0.25, 0.3) is 0 Å². The van der Waals surface area contributed by atoms with Crippen molar-refractivity contribution in [1.29, 1.82) is 0 Å². The van der Waals surface area contributed by atoms with E-state index < -0.39 is 15.9 Å². The van der Waals surface area contributed by atoms with Gasteiger partial charge in [-0.3, -0.25) is 0 Å². The lowest BCUT2D eigenvalue weighted by atomic mass is 9.52. The van der Waals surface area contributed by atoms with Gasteiger partial charge in [0.2, 0.25) is 0 Å². The lowest BCUT2D eigenvalue weighted by molar-refractivity contribution is -0.116. The molecule has 0 amide bonds. The Labute approximate surface area is 166 Å². The summed E-state index contributed by atoms with van der Waals surface area (Å²) in [5, 5.41) is 16.1. The lowest BCUT2D eigenvalue weighted by Crippen LogP contribution is -2.54. The Bertz CT molecular complexity index is 939. The van der Waals surface area contributed by atoms with Crippen molar-refractivity contribution in [3.8, 4) is 18.1 Å². The summed E-state index contributed by atoms with van der Waals surface area (Å²) in [6.07, 6.45) is 9.68. The van der Waals surface area contributed by atoms with Crippen LogP contribution in [0.4, 0.5) is 0 Å². The number of nitrogens with two attached hydrogens (primary N) is 1. The number of ether oxygens (including phenoxy) is 1. The Morgan fingerprint density at radius 1 is 1.36 bits per heavy atom. The van der Waals surface area contributed by atoms with E-state index in [0.29, 0.717) is 24.7 Å². The SMILES string of the molecule is C#C[C@]1(O)CCC2C3CCc4cc(OS(N)(=O)=O)ccc4C3[C@@H](OC)C[C@@]21C. The normalized spacial score (nSPS) is 39.4. The first-order valence-electron chi connectivity index (χ1n) is 9.70. The molecule has 0 saturated heterocycles. The molecule has 0 heterocycles. The van der Waals surface area contributed by atoms with Gasteiger partial charge in [0, 0.05) is 18.4 Å². The topological polar surface area (TPSA) is 98.9 Å².